The summed E-state index contributed by atoms with van der Waals surface area (Å²) in [4.78, 5) is 23.9. The molecular formula is C16H21NO4. The number of aliphatic hydroxyl groups is 1. The van der Waals surface area contributed by atoms with Gasteiger partial charge in [0, 0.05) is 6.04 Å². The smallest absolute Gasteiger partial charge is 0.338 e. The van der Waals surface area contributed by atoms with Crippen LogP contribution in [0.25, 0.3) is 0 Å². The van der Waals surface area contributed by atoms with E-state index in [4.69, 9.17) is 9.84 Å². The molecule has 1 amide bonds. The molecule has 114 valence electrons. The van der Waals surface area contributed by atoms with Gasteiger partial charge in [0.25, 0.3) is 5.91 Å². The first-order chi connectivity index (χ1) is 10.1. The molecule has 0 bridgehead atoms. The normalized spacial score (nSPS) is 16.5. The Labute approximate surface area is 124 Å². The van der Waals surface area contributed by atoms with Crippen LogP contribution in [0.3, 0.4) is 0 Å². The van der Waals surface area contributed by atoms with Crippen LogP contribution in [-0.2, 0) is 16.1 Å². The summed E-state index contributed by atoms with van der Waals surface area (Å²) < 4.78 is 5.17. The molecule has 1 aliphatic rings. The van der Waals surface area contributed by atoms with E-state index in [1.165, 1.54) is 0 Å². The van der Waals surface area contributed by atoms with Gasteiger partial charge in [-0.1, -0.05) is 25.0 Å². The summed E-state index contributed by atoms with van der Waals surface area (Å²) in [6.45, 7) is 1.50. The van der Waals surface area contributed by atoms with Crippen molar-refractivity contribution in [2.45, 2.75) is 51.4 Å². The van der Waals surface area contributed by atoms with Crippen molar-refractivity contribution in [3.8, 4) is 0 Å². The van der Waals surface area contributed by atoms with Gasteiger partial charge in [-0.05, 0) is 37.5 Å². The van der Waals surface area contributed by atoms with Gasteiger partial charge in [-0.3, -0.25) is 4.79 Å². The van der Waals surface area contributed by atoms with Crippen molar-refractivity contribution in [1.82, 2.24) is 5.32 Å². The van der Waals surface area contributed by atoms with Gasteiger partial charge in [0.2, 0.25) is 0 Å². The first kappa shape index (κ1) is 15.5. The molecule has 0 saturated heterocycles. The number of nitrogens with one attached hydrogen (secondary N) is 1. The van der Waals surface area contributed by atoms with Crippen LogP contribution in [-0.4, -0.2) is 29.1 Å². The number of aliphatic hydroxyl groups excluding tert-OH is 1. The average Bonchev–Trinajstić information content (AvgIpc) is 3.00. The third kappa shape index (κ3) is 4.29. The molecule has 1 aromatic carbocycles. The molecule has 0 heterocycles. The fraction of sp³-hybridized carbons (Fsp3) is 0.500. The third-order valence-electron chi connectivity index (χ3n) is 3.73. The summed E-state index contributed by atoms with van der Waals surface area (Å²) in [5, 5.41) is 11.9. The molecule has 0 spiro atoms. The van der Waals surface area contributed by atoms with Gasteiger partial charge >= 0.3 is 5.97 Å². The standard InChI is InChI=1S/C16H21NO4/c1-11(15(19)17-14-4-2-3-5-14)21-16(20)13-8-6-12(10-18)7-9-13/h6-9,11,14,18H,2-5,10H2,1H3,(H,17,19)/t11-/m0/s1. The Hall–Kier alpha value is -1.88. The molecule has 0 aromatic heterocycles. The van der Waals surface area contributed by atoms with E-state index in [1.807, 2.05) is 0 Å². The molecule has 0 aliphatic heterocycles. The predicted octanol–water partition coefficient (Wildman–Crippen LogP) is 1.78. The van der Waals surface area contributed by atoms with Gasteiger partial charge in [-0.15, -0.1) is 0 Å². The van der Waals surface area contributed by atoms with Crippen molar-refractivity contribution in [1.29, 1.82) is 0 Å². The van der Waals surface area contributed by atoms with Crippen LogP contribution in [0.15, 0.2) is 24.3 Å². The number of carbonyl (C=O) groups is 2. The Morgan fingerprint density at radius 1 is 1.29 bits per heavy atom. The third-order valence-corrected chi connectivity index (χ3v) is 3.73. The fourth-order valence-corrected chi connectivity index (χ4v) is 2.42. The Bertz CT molecular complexity index is 492. The Morgan fingerprint density at radius 2 is 1.90 bits per heavy atom. The average molecular weight is 291 g/mol. The quantitative estimate of drug-likeness (QED) is 0.811. The Morgan fingerprint density at radius 3 is 2.48 bits per heavy atom. The highest BCUT2D eigenvalue weighted by Gasteiger charge is 2.23. The molecule has 1 aromatic rings. The summed E-state index contributed by atoms with van der Waals surface area (Å²) in [6, 6.07) is 6.67. The lowest BCUT2D eigenvalue weighted by Crippen LogP contribution is -2.40. The minimum atomic E-state index is -0.810. The molecule has 1 aliphatic carbocycles. The molecular weight excluding hydrogens is 270 g/mol. The number of rotatable bonds is 5. The minimum absolute atomic E-state index is 0.0739. The van der Waals surface area contributed by atoms with E-state index in [9.17, 15) is 9.59 Å². The molecule has 21 heavy (non-hydrogen) atoms. The summed E-state index contributed by atoms with van der Waals surface area (Å²) in [5.74, 6) is -0.782. The first-order valence-electron chi connectivity index (χ1n) is 7.31. The first-order valence-corrected chi connectivity index (χ1v) is 7.31. The number of esters is 1. The highest BCUT2D eigenvalue weighted by molar-refractivity contribution is 5.92. The van der Waals surface area contributed by atoms with E-state index in [0.717, 1.165) is 31.2 Å². The largest absolute Gasteiger partial charge is 0.449 e. The second kappa shape index (κ2) is 7.22. The molecule has 1 fully saturated rings. The summed E-state index contributed by atoms with van der Waals surface area (Å²) in [5.41, 5.74) is 1.09. The van der Waals surface area contributed by atoms with Gasteiger partial charge in [-0.2, -0.15) is 0 Å². The van der Waals surface area contributed by atoms with Gasteiger partial charge in [-0.25, -0.2) is 4.79 Å². The number of hydrogen-bond acceptors (Lipinski definition) is 4. The number of benzene rings is 1. The Kier molecular flexibility index (Phi) is 5.33. The van der Waals surface area contributed by atoms with Crippen molar-refractivity contribution in [3.63, 3.8) is 0 Å². The van der Waals surface area contributed by atoms with E-state index in [1.54, 1.807) is 31.2 Å². The number of carbonyl (C=O) groups excluding carboxylic acids is 2. The zero-order valence-corrected chi connectivity index (χ0v) is 12.2. The molecule has 0 radical (unpaired) electrons. The number of amides is 1. The molecule has 2 N–H and O–H groups in total. The van der Waals surface area contributed by atoms with E-state index in [-0.39, 0.29) is 18.6 Å². The topological polar surface area (TPSA) is 75.6 Å². The highest BCUT2D eigenvalue weighted by Crippen LogP contribution is 2.18. The fourth-order valence-electron chi connectivity index (χ4n) is 2.42. The predicted molar refractivity (Wildman–Crippen MR) is 77.6 cm³/mol. The van der Waals surface area contributed by atoms with E-state index >= 15 is 0 Å². The van der Waals surface area contributed by atoms with Crippen molar-refractivity contribution in [2.24, 2.45) is 0 Å². The van der Waals surface area contributed by atoms with Gasteiger partial charge in [0.15, 0.2) is 6.10 Å². The monoisotopic (exact) mass is 291 g/mol. The van der Waals surface area contributed by atoms with Crippen molar-refractivity contribution in [3.05, 3.63) is 35.4 Å². The second-order valence-electron chi connectivity index (χ2n) is 5.39. The molecule has 1 saturated carbocycles. The molecule has 1 atom stereocenters. The van der Waals surface area contributed by atoms with Crippen LogP contribution in [0.1, 0.15) is 48.5 Å². The van der Waals surface area contributed by atoms with E-state index in [2.05, 4.69) is 5.32 Å². The van der Waals surface area contributed by atoms with Crippen LogP contribution in [0.2, 0.25) is 0 Å². The van der Waals surface area contributed by atoms with Gasteiger partial charge in [0.05, 0.1) is 12.2 Å². The summed E-state index contributed by atoms with van der Waals surface area (Å²) >= 11 is 0. The second-order valence-corrected chi connectivity index (χ2v) is 5.39. The lowest BCUT2D eigenvalue weighted by Gasteiger charge is -2.17. The molecule has 0 unspecified atom stereocenters. The van der Waals surface area contributed by atoms with Crippen molar-refractivity contribution in [2.75, 3.05) is 0 Å². The zero-order valence-electron chi connectivity index (χ0n) is 12.2. The van der Waals surface area contributed by atoms with Gasteiger partial charge in [0.1, 0.15) is 0 Å². The Balaban J connectivity index is 1.86. The molecule has 5 nitrogen and oxygen atoms in total. The van der Waals surface area contributed by atoms with Gasteiger partial charge < -0.3 is 15.2 Å². The van der Waals surface area contributed by atoms with Crippen LogP contribution >= 0.6 is 0 Å². The van der Waals surface area contributed by atoms with Crippen molar-refractivity contribution < 1.29 is 19.4 Å². The molecule has 2 rings (SSSR count). The number of hydrogen-bond donors (Lipinski definition) is 2. The SMILES string of the molecule is C[C@H](OC(=O)c1ccc(CO)cc1)C(=O)NC1CCCC1. The minimum Gasteiger partial charge on any atom is -0.449 e. The van der Waals surface area contributed by atoms with Crippen LogP contribution < -0.4 is 5.32 Å². The summed E-state index contributed by atoms with van der Waals surface area (Å²) in [6.07, 6.45) is 3.45. The highest BCUT2D eigenvalue weighted by atomic mass is 16.5. The maximum absolute atomic E-state index is 11.9. The lowest BCUT2D eigenvalue weighted by atomic mass is 10.1. The van der Waals surface area contributed by atoms with Crippen LogP contribution in [0.4, 0.5) is 0 Å². The molecule has 5 heteroatoms. The van der Waals surface area contributed by atoms with E-state index < -0.39 is 12.1 Å². The van der Waals surface area contributed by atoms with Crippen LogP contribution in [0, 0.1) is 0 Å². The lowest BCUT2D eigenvalue weighted by molar-refractivity contribution is -0.129. The maximum atomic E-state index is 11.9. The zero-order chi connectivity index (χ0) is 15.2. The van der Waals surface area contributed by atoms with Crippen LogP contribution in [0.5, 0.6) is 0 Å². The summed E-state index contributed by atoms with van der Waals surface area (Å²) in [7, 11) is 0. The maximum Gasteiger partial charge on any atom is 0.338 e. The van der Waals surface area contributed by atoms with Crippen molar-refractivity contribution >= 4 is 11.9 Å². The van der Waals surface area contributed by atoms with E-state index in [0.29, 0.717) is 5.56 Å². The number of ether oxygens (including phenoxy) is 1.